The van der Waals surface area contributed by atoms with Crippen molar-refractivity contribution < 1.29 is 13.2 Å². The van der Waals surface area contributed by atoms with Crippen LogP contribution in [0.5, 0.6) is 0 Å². The first-order chi connectivity index (χ1) is 9.88. The van der Waals surface area contributed by atoms with E-state index in [9.17, 15) is 13.2 Å². The summed E-state index contributed by atoms with van der Waals surface area (Å²) in [6.45, 7) is 0.364. The molecule has 3 nitrogen and oxygen atoms in total. The number of fused-ring (bicyclic) bond motifs is 1. The maximum Gasteiger partial charge on any atom is 0.419 e. The number of hydrogen-bond acceptors (Lipinski definition) is 3. The Kier molecular flexibility index (Phi) is 3.33. The lowest BCUT2D eigenvalue weighted by Gasteiger charge is -2.28. The van der Waals surface area contributed by atoms with Gasteiger partial charge in [-0.05, 0) is 18.2 Å². The summed E-state index contributed by atoms with van der Waals surface area (Å²) in [5.41, 5.74) is 0.548. The summed E-state index contributed by atoms with van der Waals surface area (Å²) in [5, 5.41) is 1.09. The molecular weight excluding hydrogens is 347 g/mol. The van der Waals surface area contributed by atoms with Crippen molar-refractivity contribution in [1.82, 2.24) is 9.91 Å². The van der Waals surface area contributed by atoms with Gasteiger partial charge in [0.05, 0.1) is 11.3 Å². The van der Waals surface area contributed by atoms with E-state index in [1.165, 1.54) is 11.0 Å². The molecule has 0 saturated carbocycles. The van der Waals surface area contributed by atoms with Gasteiger partial charge in [-0.1, -0.05) is 34.1 Å². The molecule has 0 saturated heterocycles. The topological polar surface area (TPSA) is 32.5 Å². The molecule has 0 bridgehead atoms. The van der Waals surface area contributed by atoms with E-state index in [-0.39, 0.29) is 5.82 Å². The van der Waals surface area contributed by atoms with Gasteiger partial charge in [0.25, 0.3) is 0 Å². The fraction of sp³-hybridized carbons (Fsp3) is 0.143. The molecule has 0 aliphatic carbocycles. The molecular formula is C14H11BrF3N3. The van der Waals surface area contributed by atoms with E-state index in [4.69, 9.17) is 5.84 Å². The molecule has 0 unspecified atom stereocenters. The van der Waals surface area contributed by atoms with Gasteiger partial charge in [0.1, 0.15) is 5.82 Å². The van der Waals surface area contributed by atoms with Crippen LogP contribution in [0.4, 0.5) is 13.2 Å². The van der Waals surface area contributed by atoms with Crippen molar-refractivity contribution in [2.75, 3.05) is 6.54 Å². The molecule has 2 aliphatic heterocycles. The maximum absolute atomic E-state index is 13.1. The Labute approximate surface area is 127 Å². The second-order valence-electron chi connectivity index (χ2n) is 4.68. The lowest BCUT2D eigenvalue weighted by atomic mass is 10.1. The van der Waals surface area contributed by atoms with Crippen LogP contribution < -0.4 is 5.84 Å². The smallest absolute Gasteiger partial charge is 0.327 e. The molecule has 0 amide bonds. The normalized spacial score (nSPS) is 18.2. The Bertz CT molecular complexity index is 659. The monoisotopic (exact) mass is 357 g/mol. The summed E-state index contributed by atoms with van der Waals surface area (Å²) < 4.78 is 40.2. The summed E-state index contributed by atoms with van der Waals surface area (Å²) in [7, 11) is 0. The molecule has 1 aromatic rings. The van der Waals surface area contributed by atoms with Crippen LogP contribution in [-0.4, -0.2) is 22.6 Å². The summed E-state index contributed by atoms with van der Waals surface area (Å²) in [6, 6.07) is 7.24. The molecule has 3 rings (SSSR count). The molecule has 0 radical (unpaired) electrons. The van der Waals surface area contributed by atoms with E-state index >= 15 is 0 Å². The van der Waals surface area contributed by atoms with Crippen molar-refractivity contribution in [2.45, 2.75) is 6.18 Å². The third-order valence-electron chi connectivity index (χ3n) is 3.31. The van der Waals surface area contributed by atoms with Crippen molar-refractivity contribution in [1.29, 1.82) is 0 Å². The number of nitrogens with two attached hydrogens (primary N) is 1. The van der Waals surface area contributed by atoms with Crippen LogP contribution in [-0.2, 0) is 0 Å². The van der Waals surface area contributed by atoms with Crippen molar-refractivity contribution in [3.05, 3.63) is 64.0 Å². The van der Waals surface area contributed by atoms with Crippen LogP contribution in [0.3, 0.4) is 0 Å². The molecule has 2 heterocycles. The third kappa shape index (κ3) is 2.47. The standard InChI is InChI=1S/C14H11BrF3N3/c15-10-5-3-9(4-6-10)12-8-20-7-1-2-11(14(16,17)18)13(20)21(12)19/h1-6,8H,7,19H2. The van der Waals surface area contributed by atoms with Gasteiger partial charge in [-0.15, -0.1) is 0 Å². The van der Waals surface area contributed by atoms with E-state index in [1.54, 1.807) is 18.3 Å². The highest BCUT2D eigenvalue weighted by Crippen LogP contribution is 2.39. The minimum Gasteiger partial charge on any atom is -0.327 e. The Balaban J connectivity index is 2.04. The molecule has 0 aromatic heterocycles. The van der Waals surface area contributed by atoms with E-state index < -0.39 is 11.7 Å². The zero-order valence-electron chi connectivity index (χ0n) is 10.7. The SMILES string of the molecule is NN1C(c2ccc(Br)cc2)=CN2CC=CC(C(F)(F)F)=C21. The molecule has 2 aliphatic rings. The van der Waals surface area contributed by atoms with Gasteiger partial charge in [-0.3, -0.25) is 5.01 Å². The lowest BCUT2D eigenvalue weighted by Crippen LogP contribution is -2.35. The minimum atomic E-state index is -4.44. The molecule has 21 heavy (non-hydrogen) atoms. The average molecular weight is 358 g/mol. The molecule has 0 spiro atoms. The zero-order valence-corrected chi connectivity index (χ0v) is 12.3. The van der Waals surface area contributed by atoms with Crippen LogP contribution in [0.1, 0.15) is 5.56 Å². The number of hydrazine groups is 1. The highest BCUT2D eigenvalue weighted by Gasteiger charge is 2.41. The molecule has 0 fully saturated rings. The van der Waals surface area contributed by atoms with Crippen molar-refractivity contribution in [2.24, 2.45) is 5.84 Å². The molecule has 7 heteroatoms. The van der Waals surface area contributed by atoms with Gasteiger partial charge in [0.15, 0.2) is 0 Å². The highest BCUT2D eigenvalue weighted by atomic mass is 79.9. The second kappa shape index (κ2) is 4.92. The van der Waals surface area contributed by atoms with E-state index in [1.807, 2.05) is 12.1 Å². The van der Waals surface area contributed by atoms with E-state index in [0.29, 0.717) is 12.2 Å². The van der Waals surface area contributed by atoms with E-state index in [0.717, 1.165) is 21.1 Å². The number of alkyl halides is 3. The van der Waals surface area contributed by atoms with Crippen molar-refractivity contribution in [3.8, 4) is 0 Å². The number of hydrogen-bond donors (Lipinski definition) is 1. The Morgan fingerprint density at radius 3 is 2.43 bits per heavy atom. The van der Waals surface area contributed by atoms with Crippen molar-refractivity contribution in [3.63, 3.8) is 0 Å². The first-order valence-corrected chi connectivity index (χ1v) is 6.94. The van der Waals surface area contributed by atoms with Gasteiger partial charge in [-0.25, -0.2) is 5.84 Å². The Morgan fingerprint density at radius 1 is 1.14 bits per heavy atom. The van der Waals surface area contributed by atoms with Crippen LogP contribution in [0.15, 0.2) is 58.5 Å². The average Bonchev–Trinajstić information content (AvgIpc) is 2.76. The predicted octanol–water partition coefficient (Wildman–Crippen LogP) is 3.58. The maximum atomic E-state index is 13.1. The van der Waals surface area contributed by atoms with Gasteiger partial charge in [0.2, 0.25) is 0 Å². The van der Waals surface area contributed by atoms with Crippen LogP contribution in [0.25, 0.3) is 5.70 Å². The quantitative estimate of drug-likeness (QED) is 0.779. The summed E-state index contributed by atoms with van der Waals surface area (Å²) in [6.07, 6.45) is -0.260. The predicted molar refractivity (Wildman–Crippen MR) is 77.1 cm³/mol. The lowest BCUT2D eigenvalue weighted by molar-refractivity contribution is -0.0914. The highest BCUT2D eigenvalue weighted by molar-refractivity contribution is 9.10. The molecule has 0 atom stereocenters. The van der Waals surface area contributed by atoms with E-state index in [2.05, 4.69) is 15.9 Å². The third-order valence-corrected chi connectivity index (χ3v) is 3.84. The Hall–Kier alpha value is -1.73. The zero-order chi connectivity index (χ0) is 15.2. The minimum absolute atomic E-state index is 0.0390. The largest absolute Gasteiger partial charge is 0.419 e. The molecule has 1 aromatic carbocycles. The number of halogens is 4. The van der Waals surface area contributed by atoms with Gasteiger partial charge < -0.3 is 4.90 Å². The number of allylic oxidation sites excluding steroid dienone is 2. The van der Waals surface area contributed by atoms with Crippen molar-refractivity contribution >= 4 is 21.6 Å². The van der Waals surface area contributed by atoms with Gasteiger partial charge in [-0.2, -0.15) is 13.2 Å². The summed E-state index contributed by atoms with van der Waals surface area (Å²) in [5.74, 6) is 5.87. The van der Waals surface area contributed by atoms with Crippen LogP contribution in [0, 0.1) is 0 Å². The number of nitrogens with zero attached hydrogens (tertiary/aromatic N) is 2. The van der Waals surface area contributed by atoms with Crippen LogP contribution >= 0.6 is 15.9 Å². The number of rotatable bonds is 1. The summed E-state index contributed by atoms with van der Waals surface area (Å²) in [4.78, 5) is 1.50. The molecule has 110 valence electrons. The first kappa shape index (κ1) is 14.2. The second-order valence-corrected chi connectivity index (χ2v) is 5.60. The fourth-order valence-corrected chi connectivity index (χ4v) is 2.63. The van der Waals surface area contributed by atoms with Crippen LogP contribution in [0.2, 0.25) is 0 Å². The van der Waals surface area contributed by atoms with Gasteiger partial charge >= 0.3 is 6.18 Å². The Morgan fingerprint density at radius 2 is 1.81 bits per heavy atom. The summed E-state index contributed by atoms with van der Waals surface area (Å²) >= 11 is 3.32. The number of benzene rings is 1. The first-order valence-electron chi connectivity index (χ1n) is 6.15. The molecule has 2 N–H and O–H groups in total. The fourth-order valence-electron chi connectivity index (χ4n) is 2.36. The van der Waals surface area contributed by atoms with Gasteiger partial charge in [0, 0.05) is 22.8 Å².